The molecule has 0 saturated carbocycles. The number of likely N-dealkylation sites (tertiary alicyclic amines) is 1. The number of aliphatic carboxylic acids is 1. The van der Waals surface area contributed by atoms with Gasteiger partial charge in [-0.1, -0.05) is 12.1 Å². The van der Waals surface area contributed by atoms with Gasteiger partial charge < -0.3 is 14.7 Å². The van der Waals surface area contributed by atoms with Crippen molar-refractivity contribution in [1.82, 2.24) is 4.90 Å². The number of methoxy groups -OCH3 is 1. The molecule has 0 bridgehead atoms. The quantitative estimate of drug-likeness (QED) is 0.885. The first-order chi connectivity index (χ1) is 9.49. The summed E-state index contributed by atoms with van der Waals surface area (Å²) in [6.45, 7) is 3.05. The van der Waals surface area contributed by atoms with Crippen LogP contribution in [-0.4, -0.2) is 42.1 Å². The Labute approximate surface area is 118 Å². The van der Waals surface area contributed by atoms with Gasteiger partial charge in [0.15, 0.2) is 0 Å². The molecule has 5 nitrogen and oxygen atoms in total. The van der Waals surface area contributed by atoms with Gasteiger partial charge in [-0.05, 0) is 24.1 Å². The molecule has 1 amide bonds. The maximum Gasteiger partial charge on any atom is 0.303 e. The summed E-state index contributed by atoms with van der Waals surface area (Å²) in [6.07, 6.45) is 0.471. The summed E-state index contributed by atoms with van der Waals surface area (Å²) in [4.78, 5) is 24.3. The first-order valence-corrected chi connectivity index (χ1v) is 6.62. The second-order valence-electron chi connectivity index (χ2n) is 5.24. The van der Waals surface area contributed by atoms with Crippen LogP contribution in [0.25, 0.3) is 0 Å². The lowest BCUT2D eigenvalue weighted by atomic mass is 9.95. The molecule has 5 heteroatoms. The molecule has 1 aromatic carbocycles. The Morgan fingerprint density at radius 1 is 1.40 bits per heavy atom. The largest absolute Gasteiger partial charge is 0.496 e. The molecule has 1 saturated heterocycles. The van der Waals surface area contributed by atoms with Crippen LogP contribution < -0.4 is 4.74 Å². The van der Waals surface area contributed by atoms with Gasteiger partial charge >= 0.3 is 5.97 Å². The topological polar surface area (TPSA) is 66.8 Å². The van der Waals surface area contributed by atoms with E-state index in [-0.39, 0.29) is 18.2 Å². The van der Waals surface area contributed by atoms with E-state index in [9.17, 15) is 9.59 Å². The third kappa shape index (κ3) is 3.29. The molecule has 0 atom stereocenters. The number of benzene rings is 1. The van der Waals surface area contributed by atoms with Gasteiger partial charge in [-0.15, -0.1) is 0 Å². The van der Waals surface area contributed by atoms with E-state index in [1.165, 1.54) is 0 Å². The number of nitrogens with zero attached hydrogens (tertiary/aromatic N) is 1. The smallest absolute Gasteiger partial charge is 0.303 e. The van der Waals surface area contributed by atoms with E-state index < -0.39 is 5.97 Å². The average molecular weight is 277 g/mol. The summed E-state index contributed by atoms with van der Waals surface area (Å²) in [6, 6.07) is 5.73. The molecule has 1 fully saturated rings. The number of hydrogen-bond donors (Lipinski definition) is 1. The number of ether oxygens (including phenoxy) is 1. The molecule has 0 aliphatic carbocycles. The van der Waals surface area contributed by atoms with E-state index in [2.05, 4.69) is 0 Å². The van der Waals surface area contributed by atoms with Gasteiger partial charge in [0.1, 0.15) is 5.75 Å². The molecule has 108 valence electrons. The summed E-state index contributed by atoms with van der Waals surface area (Å²) in [7, 11) is 1.61. The highest BCUT2D eigenvalue weighted by molar-refractivity contribution is 5.80. The molecule has 1 aromatic rings. The lowest BCUT2D eigenvalue weighted by Crippen LogP contribution is -2.51. The Balaban J connectivity index is 1.88. The van der Waals surface area contributed by atoms with Gasteiger partial charge in [0.2, 0.25) is 5.91 Å². The first kappa shape index (κ1) is 14.4. The van der Waals surface area contributed by atoms with Crippen molar-refractivity contribution in [3.8, 4) is 5.75 Å². The Kier molecular flexibility index (Phi) is 4.27. The van der Waals surface area contributed by atoms with Crippen LogP contribution in [0, 0.1) is 12.8 Å². The minimum Gasteiger partial charge on any atom is -0.496 e. The van der Waals surface area contributed by atoms with E-state index in [1.54, 1.807) is 12.0 Å². The van der Waals surface area contributed by atoms with Crippen LogP contribution in [0.15, 0.2) is 18.2 Å². The highest BCUT2D eigenvalue weighted by atomic mass is 16.5. The lowest BCUT2D eigenvalue weighted by molar-refractivity contribution is -0.144. The number of carboxylic acid groups (broad SMARTS) is 1. The molecule has 0 spiro atoms. The van der Waals surface area contributed by atoms with Crippen molar-refractivity contribution in [3.63, 3.8) is 0 Å². The van der Waals surface area contributed by atoms with Gasteiger partial charge in [0.25, 0.3) is 0 Å². The lowest BCUT2D eigenvalue weighted by Gasteiger charge is -2.38. The van der Waals surface area contributed by atoms with Crippen molar-refractivity contribution in [2.45, 2.75) is 19.8 Å². The van der Waals surface area contributed by atoms with Gasteiger partial charge in [0, 0.05) is 19.0 Å². The van der Waals surface area contributed by atoms with E-state index >= 15 is 0 Å². The number of carbonyl (C=O) groups is 2. The molecule has 1 aliphatic heterocycles. The molecular weight excluding hydrogens is 258 g/mol. The van der Waals surface area contributed by atoms with Crippen molar-refractivity contribution < 1.29 is 19.4 Å². The van der Waals surface area contributed by atoms with E-state index in [4.69, 9.17) is 9.84 Å². The van der Waals surface area contributed by atoms with Crippen LogP contribution in [0.4, 0.5) is 0 Å². The third-order valence-corrected chi connectivity index (χ3v) is 3.60. The predicted molar refractivity (Wildman–Crippen MR) is 73.8 cm³/mol. The fraction of sp³-hybridized carbons (Fsp3) is 0.467. The number of amides is 1. The van der Waals surface area contributed by atoms with E-state index in [1.807, 2.05) is 25.1 Å². The van der Waals surface area contributed by atoms with Crippen molar-refractivity contribution in [1.29, 1.82) is 0 Å². The predicted octanol–water partition coefficient (Wildman–Crippen LogP) is 1.48. The molecule has 0 unspecified atom stereocenters. The SMILES string of the molecule is COc1cc(CC(=O)N2CC(CC(=O)O)C2)ccc1C. The standard InChI is InChI=1S/C15H19NO4/c1-10-3-4-11(5-13(10)20-2)6-14(17)16-8-12(9-16)7-15(18)19/h3-5,12H,6-9H2,1-2H3,(H,18,19). The molecule has 1 heterocycles. The summed E-state index contributed by atoms with van der Waals surface area (Å²) in [5.74, 6) is 0.120. The Bertz CT molecular complexity index is 521. The highest BCUT2D eigenvalue weighted by Crippen LogP contribution is 2.22. The van der Waals surface area contributed by atoms with Gasteiger partial charge in [-0.3, -0.25) is 9.59 Å². The van der Waals surface area contributed by atoms with Crippen molar-refractivity contribution >= 4 is 11.9 Å². The zero-order chi connectivity index (χ0) is 14.7. The maximum absolute atomic E-state index is 12.0. The summed E-state index contributed by atoms with van der Waals surface area (Å²) in [5.41, 5.74) is 1.95. The zero-order valence-electron chi connectivity index (χ0n) is 11.8. The minimum atomic E-state index is -0.801. The molecule has 1 aliphatic rings. The normalized spacial score (nSPS) is 14.8. The highest BCUT2D eigenvalue weighted by Gasteiger charge is 2.31. The second kappa shape index (κ2) is 5.94. The van der Waals surface area contributed by atoms with Crippen LogP contribution in [0.3, 0.4) is 0 Å². The molecule has 0 radical (unpaired) electrons. The number of carbonyl (C=O) groups excluding carboxylic acids is 1. The van der Waals surface area contributed by atoms with Gasteiger partial charge in [-0.25, -0.2) is 0 Å². The Morgan fingerprint density at radius 3 is 2.70 bits per heavy atom. The van der Waals surface area contributed by atoms with Crippen LogP contribution in [0.1, 0.15) is 17.5 Å². The van der Waals surface area contributed by atoms with Crippen molar-refractivity contribution in [2.24, 2.45) is 5.92 Å². The fourth-order valence-corrected chi connectivity index (χ4v) is 2.41. The second-order valence-corrected chi connectivity index (χ2v) is 5.24. The molecule has 2 rings (SSSR count). The van der Waals surface area contributed by atoms with Crippen molar-refractivity contribution in [2.75, 3.05) is 20.2 Å². The molecule has 20 heavy (non-hydrogen) atoms. The van der Waals surface area contributed by atoms with Gasteiger partial charge in [0.05, 0.1) is 20.0 Å². The number of rotatable bonds is 5. The van der Waals surface area contributed by atoms with Crippen LogP contribution in [-0.2, 0) is 16.0 Å². The third-order valence-electron chi connectivity index (χ3n) is 3.60. The van der Waals surface area contributed by atoms with E-state index in [0.29, 0.717) is 19.5 Å². The Morgan fingerprint density at radius 2 is 2.10 bits per heavy atom. The minimum absolute atomic E-state index is 0.0394. The van der Waals surface area contributed by atoms with Crippen molar-refractivity contribution in [3.05, 3.63) is 29.3 Å². The number of aryl methyl sites for hydroxylation is 1. The van der Waals surface area contributed by atoms with Crippen LogP contribution in [0.5, 0.6) is 5.75 Å². The maximum atomic E-state index is 12.0. The average Bonchev–Trinajstić information content (AvgIpc) is 2.35. The zero-order valence-corrected chi connectivity index (χ0v) is 11.8. The molecule has 1 N–H and O–H groups in total. The monoisotopic (exact) mass is 277 g/mol. The molecule has 0 aromatic heterocycles. The summed E-state index contributed by atoms with van der Waals surface area (Å²) in [5, 5.41) is 8.68. The number of carboxylic acids is 1. The Hall–Kier alpha value is -2.04. The summed E-state index contributed by atoms with van der Waals surface area (Å²) < 4.78 is 5.24. The number of hydrogen-bond acceptors (Lipinski definition) is 3. The van der Waals surface area contributed by atoms with Gasteiger partial charge in [-0.2, -0.15) is 0 Å². The summed E-state index contributed by atoms with van der Waals surface area (Å²) >= 11 is 0. The molecular formula is C15H19NO4. The van der Waals surface area contributed by atoms with Crippen LogP contribution in [0.2, 0.25) is 0 Å². The van der Waals surface area contributed by atoms with E-state index in [0.717, 1.165) is 16.9 Å². The van der Waals surface area contributed by atoms with Crippen LogP contribution >= 0.6 is 0 Å². The first-order valence-electron chi connectivity index (χ1n) is 6.62. The fourth-order valence-electron chi connectivity index (χ4n) is 2.41.